The summed E-state index contributed by atoms with van der Waals surface area (Å²) in [5.74, 6) is 0.984. The Morgan fingerprint density at radius 2 is 1.39 bits per heavy atom. The summed E-state index contributed by atoms with van der Waals surface area (Å²) in [5.41, 5.74) is 12.5. The molecule has 36 heavy (non-hydrogen) atoms. The highest BCUT2D eigenvalue weighted by Crippen LogP contribution is 2.43. The maximum atomic E-state index is 11.5. The number of piperidine rings is 1. The molecule has 2 atom stereocenters. The van der Waals surface area contributed by atoms with Crippen molar-refractivity contribution >= 4 is 6.21 Å². The number of unbranched alkanes of at least 4 members (excludes halogenated alkanes) is 11. The van der Waals surface area contributed by atoms with Crippen molar-refractivity contribution in [2.75, 3.05) is 19.7 Å². The summed E-state index contributed by atoms with van der Waals surface area (Å²) in [5, 5.41) is 0. The summed E-state index contributed by atoms with van der Waals surface area (Å²) >= 11 is 0. The average molecular weight is 495 g/mol. The van der Waals surface area contributed by atoms with Crippen LogP contribution in [0.2, 0.25) is 0 Å². The van der Waals surface area contributed by atoms with E-state index in [9.17, 15) is 5.53 Å². The Balaban J connectivity index is 1.12. The summed E-state index contributed by atoms with van der Waals surface area (Å²) < 4.78 is 10.3. The number of hydrogen-bond acceptors (Lipinski definition) is 1. The predicted octanol–water partition coefficient (Wildman–Crippen LogP) is 8.29. The molecular formula is C32H52N3O+. The van der Waals surface area contributed by atoms with Crippen molar-refractivity contribution in [2.45, 2.75) is 140 Å². The summed E-state index contributed by atoms with van der Waals surface area (Å²) in [6, 6.07) is 8.73. The van der Waals surface area contributed by atoms with Gasteiger partial charge in [-0.3, -0.25) is 0 Å². The van der Waals surface area contributed by atoms with E-state index in [0.717, 1.165) is 70.4 Å². The molecule has 1 saturated heterocycles. The normalized spacial score (nSPS) is 25.4. The van der Waals surface area contributed by atoms with Crippen LogP contribution in [0.4, 0.5) is 0 Å². The van der Waals surface area contributed by atoms with E-state index in [1.165, 1.54) is 82.6 Å². The van der Waals surface area contributed by atoms with Crippen LogP contribution >= 0.6 is 0 Å². The number of ether oxygens (including phenoxy) is 1. The SMILES string of the molecule is CCCCCCCCCCCCCCOc1ccc(CC23CCC[N+]4=CC(CCC2)(CC4)[N+]3=[N-])cc1. The smallest absolute Gasteiger partial charge is 0.233 e. The number of nitrogens with zero attached hydrogens (tertiary/aromatic N) is 3. The highest BCUT2D eigenvalue weighted by atomic mass is 16.5. The molecule has 4 rings (SSSR count). The molecule has 3 aliphatic heterocycles. The minimum absolute atomic E-state index is 0.122. The highest BCUT2D eigenvalue weighted by molar-refractivity contribution is 5.65. The molecule has 1 fully saturated rings. The Kier molecular flexibility index (Phi) is 10.4. The third kappa shape index (κ3) is 7.19. The van der Waals surface area contributed by atoms with Gasteiger partial charge in [-0.15, -0.1) is 0 Å². The summed E-state index contributed by atoms with van der Waals surface area (Å²) in [4.78, 5) is 0. The molecule has 0 aliphatic carbocycles. The molecule has 0 saturated carbocycles. The van der Waals surface area contributed by atoms with Crippen molar-refractivity contribution < 1.29 is 14.0 Å². The largest absolute Gasteiger partial charge is 0.505 e. The van der Waals surface area contributed by atoms with Crippen LogP contribution in [0, 0.1) is 0 Å². The molecule has 3 heterocycles. The molecule has 1 aromatic rings. The highest BCUT2D eigenvalue weighted by Gasteiger charge is 2.57. The van der Waals surface area contributed by atoms with E-state index < -0.39 is 0 Å². The number of fused-ring (bicyclic) bond motifs is 1. The van der Waals surface area contributed by atoms with Crippen LogP contribution in [0.5, 0.6) is 5.75 Å². The second kappa shape index (κ2) is 13.7. The lowest BCUT2D eigenvalue weighted by Crippen LogP contribution is -2.58. The Bertz CT molecular complexity index is 847. The lowest BCUT2D eigenvalue weighted by Gasteiger charge is -2.44. The van der Waals surface area contributed by atoms with Crippen LogP contribution < -0.4 is 4.74 Å². The monoisotopic (exact) mass is 494 g/mol. The molecular weight excluding hydrogens is 442 g/mol. The van der Waals surface area contributed by atoms with Gasteiger partial charge < -0.3 is 15.0 Å². The van der Waals surface area contributed by atoms with Crippen LogP contribution in [0.15, 0.2) is 24.3 Å². The van der Waals surface area contributed by atoms with Gasteiger partial charge in [-0.1, -0.05) is 89.7 Å². The molecule has 0 amide bonds. The van der Waals surface area contributed by atoms with Gasteiger partial charge >= 0.3 is 0 Å². The molecule has 3 aliphatic rings. The van der Waals surface area contributed by atoms with E-state index in [1.807, 2.05) is 0 Å². The fraction of sp³-hybridized carbons (Fsp3) is 0.781. The van der Waals surface area contributed by atoms with Crippen molar-refractivity contribution in [3.05, 3.63) is 35.4 Å². The van der Waals surface area contributed by atoms with Crippen molar-refractivity contribution in [3.63, 3.8) is 0 Å². The topological polar surface area (TPSA) is 37.5 Å². The first-order chi connectivity index (χ1) is 17.7. The number of benzene rings is 1. The van der Waals surface area contributed by atoms with Crippen LogP contribution in [-0.2, 0) is 6.42 Å². The summed E-state index contributed by atoms with van der Waals surface area (Å²) in [6.07, 6.45) is 26.4. The third-order valence-corrected chi connectivity index (χ3v) is 9.19. The van der Waals surface area contributed by atoms with Gasteiger partial charge in [0.05, 0.1) is 13.0 Å². The van der Waals surface area contributed by atoms with Crippen molar-refractivity contribution in [3.8, 4) is 5.75 Å². The quantitative estimate of drug-likeness (QED) is 0.168. The van der Waals surface area contributed by atoms with E-state index in [4.69, 9.17) is 4.74 Å². The summed E-state index contributed by atoms with van der Waals surface area (Å²) in [6.45, 7) is 5.34. The van der Waals surface area contributed by atoms with E-state index in [-0.39, 0.29) is 11.1 Å². The molecule has 0 aromatic heterocycles. The van der Waals surface area contributed by atoms with Gasteiger partial charge in [-0.25, -0.2) is 4.58 Å². The zero-order chi connectivity index (χ0) is 25.1. The minimum Gasteiger partial charge on any atom is -0.505 e. The van der Waals surface area contributed by atoms with Gasteiger partial charge in [0.1, 0.15) is 18.8 Å². The maximum absolute atomic E-state index is 11.5. The minimum atomic E-state index is -0.129. The van der Waals surface area contributed by atoms with Gasteiger partial charge in [0, 0.05) is 32.1 Å². The lowest BCUT2D eigenvalue weighted by atomic mass is 9.73. The molecule has 2 unspecified atom stereocenters. The molecule has 4 nitrogen and oxygen atoms in total. The number of hydrogen-bond donors (Lipinski definition) is 0. The Labute approximate surface area is 221 Å². The van der Waals surface area contributed by atoms with Gasteiger partial charge in [0.2, 0.25) is 11.8 Å². The van der Waals surface area contributed by atoms with E-state index in [1.54, 1.807) is 4.70 Å². The van der Waals surface area contributed by atoms with Crippen LogP contribution in [0.3, 0.4) is 0 Å². The van der Waals surface area contributed by atoms with Gasteiger partial charge in [0.25, 0.3) is 0 Å². The van der Waals surface area contributed by atoms with Crippen LogP contribution in [0.25, 0.3) is 5.53 Å². The zero-order valence-electron chi connectivity index (χ0n) is 23.2. The van der Waals surface area contributed by atoms with Gasteiger partial charge in [0.15, 0.2) is 5.54 Å². The Hall–Kier alpha value is -1.71. The fourth-order valence-corrected chi connectivity index (χ4v) is 7.05. The molecule has 3 bridgehead atoms. The van der Waals surface area contributed by atoms with Gasteiger partial charge in [-0.2, -0.15) is 0 Å². The molecule has 4 heteroatoms. The zero-order valence-corrected chi connectivity index (χ0v) is 23.2. The van der Waals surface area contributed by atoms with Crippen molar-refractivity contribution in [1.29, 1.82) is 0 Å². The average Bonchev–Trinajstić information content (AvgIpc) is 3.30. The van der Waals surface area contributed by atoms with E-state index in [2.05, 4.69) is 42.0 Å². The molecule has 200 valence electrons. The second-order valence-corrected chi connectivity index (χ2v) is 12.1. The third-order valence-electron chi connectivity index (χ3n) is 9.19. The fourth-order valence-electron chi connectivity index (χ4n) is 7.05. The van der Waals surface area contributed by atoms with E-state index in [0.29, 0.717) is 0 Å². The van der Waals surface area contributed by atoms with Crippen LogP contribution in [0.1, 0.15) is 128 Å². The van der Waals surface area contributed by atoms with E-state index >= 15 is 0 Å². The maximum Gasteiger partial charge on any atom is 0.233 e. The van der Waals surface area contributed by atoms with Crippen molar-refractivity contribution in [1.82, 2.24) is 0 Å². The first-order valence-electron chi connectivity index (χ1n) is 15.5. The molecule has 1 aromatic carbocycles. The molecule has 0 N–H and O–H groups in total. The van der Waals surface area contributed by atoms with Gasteiger partial charge in [-0.05, 0) is 30.5 Å². The van der Waals surface area contributed by atoms with Crippen molar-refractivity contribution in [2.24, 2.45) is 0 Å². The molecule has 1 spiro atoms. The Morgan fingerprint density at radius 3 is 2.08 bits per heavy atom. The Morgan fingerprint density at radius 1 is 0.750 bits per heavy atom. The number of rotatable bonds is 16. The first kappa shape index (κ1) is 27.3. The predicted molar refractivity (Wildman–Crippen MR) is 150 cm³/mol. The second-order valence-electron chi connectivity index (χ2n) is 12.1. The first-order valence-corrected chi connectivity index (χ1v) is 15.5. The van der Waals surface area contributed by atoms with Crippen LogP contribution in [-0.4, -0.2) is 46.3 Å². The standard InChI is InChI=1S/C32H52N3O/c1-2-3-4-5-6-7-8-9-10-11-12-13-26-36-30-18-16-29(17-19-30)27-31-20-14-21-32(35(31)33)23-25-34(28-32)24-15-22-31/h16-19,28H,2-15,20-27H2,1H3/q+1. The lowest BCUT2D eigenvalue weighted by molar-refractivity contribution is -0.690. The molecule has 0 radical (unpaired) electrons. The summed E-state index contributed by atoms with van der Waals surface area (Å²) in [7, 11) is 0.